The van der Waals surface area contributed by atoms with Gasteiger partial charge < -0.3 is 15.2 Å². The molecule has 0 spiro atoms. The molecule has 5 rings (SSSR count). The molecule has 8 nitrogen and oxygen atoms in total. The summed E-state index contributed by atoms with van der Waals surface area (Å²) < 4.78 is 1.67. The van der Waals surface area contributed by atoms with Crippen LogP contribution in [-0.4, -0.2) is 44.5 Å². The Hall–Kier alpha value is -4.46. The number of benzene rings is 2. The molecule has 3 N–H and O–H groups in total. The van der Waals surface area contributed by atoms with Gasteiger partial charge >= 0.3 is 0 Å². The number of nitrogens with zero attached hydrogens (tertiary/aromatic N) is 4. The number of rotatable bonds is 8. The van der Waals surface area contributed by atoms with Gasteiger partial charge in [-0.1, -0.05) is 32.0 Å². The predicted molar refractivity (Wildman–Crippen MR) is 152 cm³/mol. The normalized spacial score (nSPS) is 13.0. The Kier molecular flexibility index (Phi) is 7.22. The molecule has 3 heterocycles. The third-order valence-electron chi connectivity index (χ3n) is 6.75. The van der Waals surface area contributed by atoms with E-state index in [1.807, 2.05) is 59.5 Å². The molecule has 1 amide bonds. The quantitative estimate of drug-likeness (QED) is 0.354. The summed E-state index contributed by atoms with van der Waals surface area (Å²) in [6.07, 6.45) is 7.55. The number of nitrogens with two attached hydrogens (primary N) is 1. The topological polar surface area (TPSA) is 109 Å². The lowest BCUT2D eigenvalue weighted by Crippen LogP contribution is -2.34. The van der Waals surface area contributed by atoms with Crippen LogP contribution in [0.25, 0.3) is 28.0 Å². The number of aromatic nitrogens is 3. The van der Waals surface area contributed by atoms with Crippen molar-refractivity contribution in [1.29, 1.82) is 0 Å². The average molecular weight is 509 g/mol. The minimum Gasteiger partial charge on any atom is -0.387 e. The fraction of sp³-hybridized carbons (Fsp3) is 0.267. The largest absolute Gasteiger partial charge is 0.387 e. The number of pyridine rings is 1. The maximum absolute atomic E-state index is 13.3. The lowest BCUT2D eigenvalue weighted by Gasteiger charge is -2.22. The molecule has 0 saturated carbocycles. The number of fused-ring (bicyclic) bond motifs is 2. The molecule has 0 unspecified atom stereocenters. The first-order valence-corrected chi connectivity index (χ1v) is 13.1. The Labute approximate surface area is 221 Å². The number of carbonyl (C=O) groups excluding carboxylic acids is 1. The van der Waals surface area contributed by atoms with Gasteiger partial charge in [-0.25, -0.2) is 4.99 Å². The van der Waals surface area contributed by atoms with E-state index in [2.05, 4.69) is 29.0 Å². The molecular formula is C30H32N6O2. The fourth-order valence-electron chi connectivity index (χ4n) is 4.91. The molecule has 2 aromatic heterocycles. The smallest absolute Gasteiger partial charge is 0.258 e. The van der Waals surface area contributed by atoms with E-state index in [0.717, 1.165) is 59.4 Å². The molecule has 0 radical (unpaired) electrons. The number of hydrogen-bond donors (Lipinski definition) is 2. The molecule has 0 fully saturated rings. The van der Waals surface area contributed by atoms with Crippen molar-refractivity contribution >= 4 is 34.3 Å². The Balaban J connectivity index is 1.46. The molecule has 0 saturated heterocycles. The highest BCUT2D eigenvalue weighted by atomic mass is 16.2. The number of hydrogen-bond acceptors (Lipinski definition) is 5. The van der Waals surface area contributed by atoms with Crippen LogP contribution in [0.15, 0.2) is 76.3 Å². The van der Waals surface area contributed by atoms with Crippen molar-refractivity contribution in [2.24, 2.45) is 10.7 Å². The molecule has 194 valence electrons. The van der Waals surface area contributed by atoms with Gasteiger partial charge in [-0.3, -0.25) is 14.7 Å². The fourth-order valence-corrected chi connectivity index (χ4v) is 4.91. The van der Waals surface area contributed by atoms with Crippen molar-refractivity contribution in [1.82, 2.24) is 19.7 Å². The number of H-pyrrole nitrogens is 1. The molecule has 1 aliphatic rings. The number of aromatic amines is 1. The zero-order valence-electron chi connectivity index (χ0n) is 21.8. The van der Waals surface area contributed by atoms with E-state index in [1.54, 1.807) is 17.0 Å². The van der Waals surface area contributed by atoms with Gasteiger partial charge in [0.15, 0.2) is 0 Å². The van der Waals surface area contributed by atoms with E-state index in [0.29, 0.717) is 29.8 Å². The summed E-state index contributed by atoms with van der Waals surface area (Å²) in [5, 5.41) is 8.37. The monoisotopic (exact) mass is 508 g/mol. The summed E-state index contributed by atoms with van der Waals surface area (Å²) in [4.78, 5) is 32.8. The van der Waals surface area contributed by atoms with Crippen molar-refractivity contribution < 1.29 is 4.79 Å². The Morgan fingerprint density at radius 3 is 2.55 bits per heavy atom. The van der Waals surface area contributed by atoms with Crippen molar-refractivity contribution in [2.75, 3.05) is 13.1 Å². The predicted octanol–water partition coefficient (Wildman–Crippen LogP) is 4.86. The molecule has 0 bridgehead atoms. The molecule has 4 aromatic rings. The minimum atomic E-state index is -0.0505. The summed E-state index contributed by atoms with van der Waals surface area (Å²) in [7, 11) is 0. The highest BCUT2D eigenvalue weighted by Gasteiger charge is 2.21. The van der Waals surface area contributed by atoms with E-state index in [9.17, 15) is 9.59 Å². The minimum absolute atomic E-state index is 0.0245. The number of carbonyl (C=O) groups is 1. The molecule has 0 aliphatic carbocycles. The van der Waals surface area contributed by atoms with E-state index in [1.165, 1.54) is 0 Å². The van der Waals surface area contributed by atoms with Crippen LogP contribution < -0.4 is 11.3 Å². The number of aliphatic imine (C=N–C) groups is 1. The van der Waals surface area contributed by atoms with Crippen LogP contribution >= 0.6 is 0 Å². The Morgan fingerprint density at radius 1 is 1.05 bits per heavy atom. The first kappa shape index (κ1) is 25.2. The SMILES string of the molecule is CCCN(CCC)C(=O)C1=Cc2ccc(-c3ccc4c(=O)n(Cc5ccn[nH]5)ccc4c3)cc2N=C(N)C1. The third kappa shape index (κ3) is 5.16. The summed E-state index contributed by atoms with van der Waals surface area (Å²) in [6.45, 7) is 6.04. The van der Waals surface area contributed by atoms with Gasteiger partial charge in [0.2, 0.25) is 5.91 Å². The number of amides is 1. The van der Waals surface area contributed by atoms with Crippen molar-refractivity contribution in [3.05, 3.63) is 88.1 Å². The number of amidine groups is 1. The van der Waals surface area contributed by atoms with E-state index in [4.69, 9.17) is 5.73 Å². The standard InChI is InChI=1S/C30H32N6O2/c1-3-12-35(13-4-2)29(37)24-16-23-6-5-21(17-27(23)33-28(31)18-24)20-7-8-26-22(15-20)10-14-36(30(26)38)19-25-9-11-32-34-25/h5-11,14-17H,3-4,12-13,18-19H2,1-2H3,(H2,31,33)(H,32,34). The van der Waals surface area contributed by atoms with Crippen LogP contribution in [0.4, 0.5) is 5.69 Å². The summed E-state index contributed by atoms with van der Waals surface area (Å²) in [6, 6.07) is 15.6. The van der Waals surface area contributed by atoms with Gasteiger partial charge in [0.25, 0.3) is 5.56 Å². The Bertz CT molecular complexity index is 1590. The zero-order valence-corrected chi connectivity index (χ0v) is 21.8. The average Bonchev–Trinajstić information content (AvgIpc) is 3.37. The maximum atomic E-state index is 13.3. The second kappa shape index (κ2) is 10.9. The molecule has 2 aromatic carbocycles. The van der Waals surface area contributed by atoms with Crippen molar-refractivity contribution in [3.63, 3.8) is 0 Å². The van der Waals surface area contributed by atoms with Crippen LogP contribution in [0.3, 0.4) is 0 Å². The molecule has 38 heavy (non-hydrogen) atoms. The molecule has 1 aliphatic heterocycles. The molecule has 8 heteroatoms. The molecule has 0 atom stereocenters. The van der Waals surface area contributed by atoms with Gasteiger partial charge in [0.05, 0.1) is 17.9 Å². The summed E-state index contributed by atoms with van der Waals surface area (Å²) in [5.74, 6) is 0.446. The maximum Gasteiger partial charge on any atom is 0.258 e. The van der Waals surface area contributed by atoms with Crippen LogP contribution in [0.2, 0.25) is 0 Å². The van der Waals surface area contributed by atoms with E-state index in [-0.39, 0.29) is 11.5 Å². The highest BCUT2D eigenvalue weighted by Crippen LogP contribution is 2.33. The van der Waals surface area contributed by atoms with Gasteiger partial charge in [-0.15, -0.1) is 0 Å². The highest BCUT2D eigenvalue weighted by molar-refractivity contribution is 6.05. The van der Waals surface area contributed by atoms with Crippen LogP contribution in [0.5, 0.6) is 0 Å². The van der Waals surface area contributed by atoms with Gasteiger partial charge in [-0.05, 0) is 65.8 Å². The van der Waals surface area contributed by atoms with Crippen molar-refractivity contribution in [2.45, 2.75) is 39.7 Å². The summed E-state index contributed by atoms with van der Waals surface area (Å²) >= 11 is 0. The lowest BCUT2D eigenvalue weighted by atomic mass is 9.99. The number of nitrogens with one attached hydrogen (secondary N) is 1. The zero-order chi connectivity index (χ0) is 26.6. The third-order valence-corrected chi connectivity index (χ3v) is 6.75. The van der Waals surface area contributed by atoms with Crippen LogP contribution in [-0.2, 0) is 11.3 Å². The first-order valence-electron chi connectivity index (χ1n) is 13.1. The van der Waals surface area contributed by atoms with Crippen molar-refractivity contribution in [3.8, 4) is 11.1 Å². The van der Waals surface area contributed by atoms with Crippen LogP contribution in [0, 0.1) is 0 Å². The lowest BCUT2D eigenvalue weighted by molar-refractivity contribution is -0.127. The van der Waals surface area contributed by atoms with E-state index >= 15 is 0 Å². The van der Waals surface area contributed by atoms with Gasteiger partial charge in [0.1, 0.15) is 5.84 Å². The van der Waals surface area contributed by atoms with Gasteiger partial charge in [0, 0.05) is 48.4 Å². The summed E-state index contributed by atoms with van der Waals surface area (Å²) in [5.41, 5.74) is 11.3. The first-order chi connectivity index (χ1) is 18.5. The second-order valence-corrected chi connectivity index (χ2v) is 9.65. The van der Waals surface area contributed by atoms with Crippen LogP contribution in [0.1, 0.15) is 44.4 Å². The second-order valence-electron chi connectivity index (χ2n) is 9.65. The van der Waals surface area contributed by atoms with E-state index < -0.39 is 0 Å². The van der Waals surface area contributed by atoms with Gasteiger partial charge in [-0.2, -0.15) is 5.10 Å². The Morgan fingerprint density at radius 2 is 1.82 bits per heavy atom. The molecular weight excluding hydrogens is 476 g/mol.